The van der Waals surface area contributed by atoms with Gasteiger partial charge in [0.05, 0.1) is 6.20 Å². The summed E-state index contributed by atoms with van der Waals surface area (Å²) in [5.41, 5.74) is 0.973. The molecule has 0 aliphatic carbocycles. The predicted molar refractivity (Wildman–Crippen MR) is 92.6 cm³/mol. The summed E-state index contributed by atoms with van der Waals surface area (Å²) in [5, 5.41) is 7.03. The molecule has 8 nitrogen and oxygen atoms in total. The van der Waals surface area contributed by atoms with Crippen LogP contribution in [0.4, 0.5) is 8.78 Å². The molecule has 10 heteroatoms. The lowest BCUT2D eigenvalue weighted by molar-refractivity contribution is -0.121. The van der Waals surface area contributed by atoms with Gasteiger partial charge >= 0.3 is 6.61 Å². The van der Waals surface area contributed by atoms with E-state index in [1.54, 1.807) is 19.2 Å². The molecule has 0 aliphatic heterocycles. The zero-order valence-corrected chi connectivity index (χ0v) is 14.4. The van der Waals surface area contributed by atoms with Crippen LogP contribution in [0.15, 0.2) is 41.6 Å². The Morgan fingerprint density at radius 2 is 2.04 bits per heavy atom. The second kappa shape index (κ2) is 7.94. The van der Waals surface area contributed by atoms with Crippen molar-refractivity contribution in [2.45, 2.75) is 19.6 Å². The van der Waals surface area contributed by atoms with E-state index >= 15 is 0 Å². The Labute approximate surface area is 152 Å². The van der Waals surface area contributed by atoms with Crippen LogP contribution < -0.4 is 15.6 Å². The highest BCUT2D eigenvalue weighted by Gasteiger charge is 2.10. The zero-order valence-electron chi connectivity index (χ0n) is 14.4. The monoisotopic (exact) mass is 377 g/mol. The third-order valence-corrected chi connectivity index (χ3v) is 3.92. The predicted octanol–water partition coefficient (Wildman–Crippen LogP) is 1.09. The molecule has 0 spiro atoms. The van der Waals surface area contributed by atoms with E-state index in [0.29, 0.717) is 24.0 Å². The van der Waals surface area contributed by atoms with Crippen LogP contribution in [0.1, 0.15) is 5.56 Å². The Hall–Kier alpha value is -3.30. The average Bonchev–Trinajstić information content (AvgIpc) is 3.00. The van der Waals surface area contributed by atoms with E-state index in [4.69, 9.17) is 0 Å². The number of hydrogen-bond acceptors (Lipinski definition) is 5. The van der Waals surface area contributed by atoms with Gasteiger partial charge in [-0.1, -0.05) is 12.1 Å². The third kappa shape index (κ3) is 4.46. The first-order valence-corrected chi connectivity index (χ1v) is 8.11. The van der Waals surface area contributed by atoms with Crippen molar-refractivity contribution in [3.05, 3.63) is 52.7 Å². The number of carbonyl (C=O) groups excluding carboxylic acids is 1. The van der Waals surface area contributed by atoms with E-state index in [1.807, 2.05) is 0 Å². The second-order valence-corrected chi connectivity index (χ2v) is 5.81. The molecule has 0 bridgehead atoms. The first-order chi connectivity index (χ1) is 12.9. The van der Waals surface area contributed by atoms with Gasteiger partial charge in [-0.2, -0.15) is 13.9 Å². The minimum absolute atomic E-state index is 0.0791. The van der Waals surface area contributed by atoms with Crippen LogP contribution in [-0.4, -0.2) is 38.4 Å². The summed E-state index contributed by atoms with van der Waals surface area (Å²) in [7, 11) is 1.68. The molecular weight excluding hydrogens is 360 g/mol. The summed E-state index contributed by atoms with van der Waals surface area (Å²) in [5.74, 6) is -0.254. The number of nitrogens with one attached hydrogen (secondary N) is 1. The molecule has 0 saturated carbocycles. The molecule has 2 heterocycles. The number of hydrogen-bond donors (Lipinski definition) is 1. The smallest absolute Gasteiger partial charge is 0.387 e. The van der Waals surface area contributed by atoms with E-state index in [9.17, 15) is 18.4 Å². The Morgan fingerprint density at radius 3 is 2.74 bits per heavy atom. The van der Waals surface area contributed by atoms with Crippen molar-refractivity contribution in [2.24, 2.45) is 7.05 Å². The largest absolute Gasteiger partial charge is 0.435 e. The van der Waals surface area contributed by atoms with E-state index in [2.05, 4.69) is 20.1 Å². The van der Waals surface area contributed by atoms with Crippen molar-refractivity contribution < 1.29 is 18.3 Å². The number of aryl methyl sites for hydroxylation is 1. The van der Waals surface area contributed by atoms with Crippen LogP contribution >= 0.6 is 0 Å². The number of halogens is 2. The lowest BCUT2D eigenvalue weighted by Crippen LogP contribution is -2.33. The maximum absolute atomic E-state index is 12.3. The second-order valence-electron chi connectivity index (χ2n) is 5.81. The van der Waals surface area contributed by atoms with Gasteiger partial charge in [0.25, 0.3) is 5.56 Å². The lowest BCUT2D eigenvalue weighted by Gasteiger charge is -2.08. The minimum atomic E-state index is -2.86. The average molecular weight is 377 g/mol. The van der Waals surface area contributed by atoms with Crippen LogP contribution in [0.5, 0.6) is 5.75 Å². The normalized spacial score (nSPS) is 11.1. The fraction of sp³-hybridized carbons (Fsp3) is 0.294. The van der Waals surface area contributed by atoms with E-state index in [-0.39, 0.29) is 23.8 Å². The van der Waals surface area contributed by atoms with E-state index < -0.39 is 6.61 Å². The Morgan fingerprint density at radius 1 is 1.30 bits per heavy atom. The number of ether oxygens (including phenoxy) is 1. The summed E-state index contributed by atoms with van der Waals surface area (Å²) in [4.78, 5) is 28.5. The topological polar surface area (TPSA) is 91.0 Å². The van der Waals surface area contributed by atoms with Crippen LogP contribution in [0, 0.1) is 0 Å². The number of rotatable bonds is 7. The van der Waals surface area contributed by atoms with Crippen molar-refractivity contribution in [3.8, 4) is 5.75 Å². The maximum Gasteiger partial charge on any atom is 0.387 e. The molecular formula is C17H17F2N5O3. The van der Waals surface area contributed by atoms with Crippen molar-refractivity contribution in [1.82, 2.24) is 24.6 Å². The highest BCUT2D eigenvalue weighted by molar-refractivity contribution is 5.77. The van der Waals surface area contributed by atoms with Crippen LogP contribution in [-0.2, 0) is 24.8 Å². The summed E-state index contributed by atoms with van der Waals surface area (Å²) in [6.45, 7) is -2.68. The third-order valence-electron chi connectivity index (χ3n) is 3.92. The number of nitrogens with zero attached hydrogens (tertiary/aromatic N) is 4. The zero-order chi connectivity index (χ0) is 19.4. The van der Waals surface area contributed by atoms with Crippen molar-refractivity contribution >= 4 is 16.9 Å². The Bertz CT molecular complexity index is 998. The highest BCUT2D eigenvalue weighted by atomic mass is 19.3. The molecule has 3 rings (SSSR count). The molecule has 1 aromatic carbocycles. The molecule has 27 heavy (non-hydrogen) atoms. The molecule has 0 atom stereocenters. The van der Waals surface area contributed by atoms with Gasteiger partial charge < -0.3 is 10.1 Å². The van der Waals surface area contributed by atoms with Crippen molar-refractivity contribution in [3.63, 3.8) is 0 Å². The van der Waals surface area contributed by atoms with Gasteiger partial charge in [0, 0.05) is 13.6 Å². The standard InChI is InChI=1S/C17H17F2N5O3/c1-23-15-13(8-22-23)16(26)24(10-21-15)9-14(25)20-7-6-11-2-4-12(5-3-11)27-17(18)19/h2-5,8,10,17H,6-7,9H2,1H3,(H,20,25). The summed E-state index contributed by atoms with van der Waals surface area (Å²) in [6.07, 6.45) is 3.24. The van der Waals surface area contributed by atoms with Gasteiger partial charge in [-0.15, -0.1) is 0 Å². The van der Waals surface area contributed by atoms with Gasteiger partial charge in [0.1, 0.15) is 24.0 Å². The molecule has 1 amide bonds. The molecule has 2 aromatic heterocycles. The number of alkyl halides is 2. The van der Waals surface area contributed by atoms with Crippen LogP contribution in [0.2, 0.25) is 0 Å². The summed E-state index contributed by atoms with van der Waals surface area (Å²) in [6, 6.07) is 6.18. The number of fused-ring (bicyclic) bond motifs is 1. The van der Waals surface area contributed by atoms with Gasteiger partial charge in [0.15, 0.2) is 5.65 Å². The Kier molecular flexibility index (Phi) is 5.43. The molecule has 142 valence electrons. The molecule has 1 N–H and O–H groups in total. The molecule has 0 aliphatic rings. The molecule has 0 fully saturated rings. The molecule has 3 aromatic rings. The SMILES string of the molecule is Cn1ncc2c(=O)n(CC(=O)NCCc3ccc(OC(F)F)cc3)cnc21. The summed E-state index contributed by atoms with van der Waals surface area (Å²) >= 11 is 0. The lowest BCUT2D eigenvalue weighted by atomic mass is 10.1. The molecule has 0 unspecified atom stereocenters. The van der Waals surface area contributed by atoms with Crippen LogP contribution in [0.3, 0.4) is 0 Å². The van der Waals surface area contributed by atoms with E-state index in [1.165, 1.54) is 33.9 Å². The quantitative estimate of drug-likeness (QED) is 0.666. The first kappa shape index (κ1) is 18.5. The van der Waals surface area contributed by atoms with Crippen molar-refractivity contribution in [1.29, 1.82) is 0 Å². The van der Waals surface area contributed by atoms with Crippen molar-refractivity contribution in [2.75, 3.05) is 6.54 Å². The van der Waals surface area contributed by atoms with Gasteiger partial charge in [-0.3, -0.25) is 18.8 Å². The molecule has 0 radical (unpaired) electrons. The molecule has 0 saturated heterocycles. The Balaban J connectivity index is 1.53. The minimum Gasteiger partial charge on any atom is -0.435 e. The highest BCUT2D eigenvalue weighted by Crippen LogP contribution is 2.15. The van der Waals surface area contributed by atoms with Crippen LogP contribution in [0.25, 0.3) is 11.0 Å². The number of aromatic nitrogens is 4. The maximum atomic E-state index is 12.3. The van der Waals surface area contributed by atoms with Gasteiger partial charge in [-0.05, 0) is 24.1 Å². The first-order valence-electron chi connectivity index (χ1n) is 8.11. The van der Waals surface area contributed by atoms with E-state index in [0.717, 1.165) is 5.56 Å². The number of amides is 1. The number of benzene rings is 1. The summed E-state index contributed by atoms with van der Waals surface area (Å²) < 4.78 is 31.2. The van der Waals surface area contributed by atoms with Gasteiger partial charge in [0.2, 0.25) is 5.91 Å². The fourth-order valence-electron chi connectivity index (χ4n) is 2.57. The fourth-order valence-corrected chi connectivity index (χ4v) is 2.57. The number of carbonyl (C=O) groups is 1. The van der Waals surface area contributed by atoms with Gasteiger partial charge in [-0.25, -0.2) is 4.98 Å².